The number of rotatable bonds is 8. The number of carbonyl (C=O) groups excluding carboxylic acids is 2. The number of ether oxygens (including phenoxy) is 2. The quantitative estimate of drug-likeness (QED) is 0.0888. The molecule has 5 aromatic rings. The minimum atomic E-state index is -0.517. The second-order valence-corrected chi connectivity index (χ2v) is 10.2. The van der Waals surface area contributed by atoms with E-state index in [4.69, 9.17) is 32.7 Å². The third-order valence-electron chi connectivity index (χ3n) is 5.63. The highest BCUT2D eigenvalue weighted by molar-refractivity contribution is 7.21. The van der Waals surface area contributed by atoms with Crippen LogP contribution in [0.5, 0.6) is 11.5 Å². The van der Waals surface area contributed by atoms with E-state index in [1.54, 1.807) is 60.7 Å². The van der Waals surface area contributed by atoms with Crippen molar-refractivity contribution in [2.75, 3.05) is 0 Å². The molecule has 0 aliphatic carbocycles. The molecule has 1 amide bonds. The molecule has 194 valence electrons. The first kappa shape index (κ1) is 26.4. The Hall–Kier alpha value is -4.17. The van der Waals surface area contributed by atoms with Crippen molar-refractivity contribution in [1.82, 2.24) is 5.43 Å². The van der Waals surface area contributed by atoms with Gasteiger partial charge >= 0.3 is 5.97 Å². The third-order valence-corrected chi connectivity index (χ3v) is 7.53. The monoisotopic (exact) mass is 574 g/mol. The predicted molar refractivity (Wildman–Crippen MR) is 156 cm³/mol. The van der Waals surface area contributed by atoms with Gasteiger partial charge < -0.3 is 9.47 Å². The van der Waals surface area contributed by atoms with Crippen LogP contribution in [-0.4, -0.2) is 18.1 Å². The van der Waals surface area contributed by atoms with Crippen molar-refractivity contribution in [2.24, 2.45) is 5.10 Å². The summed E-state index contributed by atoms with van der Waals surface area (Å²) in [5.41, 5.74) is 4.63. The Kier molecular flexibility index (Phi) is 8.22. The summed E-state index contributed by atoms with van der Waals surface area (Å²) < 4.78 is 12.1. The molecule has 0 aliphatic rings. The van der Waals surface area contributed by atoms with E-state index >= 15 is 0 Å². The maximum Gasteiger partial charge on any atom is 0.355 e. The maximum absolute atomic E-state index is 12.6. The summed E-state index contributed by atoms with van der Waals surface area (Å²) in [6.45, 7) is 0.393. The summed E-state index contributed by atoms with van der Waals surface area (Å²) in [7, 11) is 0. The van der Waals surface area contributed by atoms with Gasteiger partial charge in [-0.1, -0.05) is 53.5 Å². The number of hydrazone groups is 1. The zero-order valence-corrected chi connectivity index (χ0v) is 22.6. The van der Waals surface area contributed by atoms with Gasteiger partial charge in [0.25, 0.3) is 5.91 Å². The third kappa shape index (κ3) is 6.64. The summed E-state index contributed by atoms with van der Waals surface area (Å²) in [5, 5.41) is 5.89. The fraction of sp³-hybridized carbons (Fsp3) is 0.0333. The van der Waals surface area contributed by atoms with Crippen LogP contribution in [0.2, 0.25) is 10.0 Å². The smallest absolute Gasteiger partial charge is 0.355 e. The van der Waals surface area contributed by atoms with E-state index in [0.717, 1.165) is 15.6 Å². The van der Waals surface area contributed by atoms with Gasteiger partial charge in [0, 0.05) is 20.7 Å². The van der Waals surface area contributed by atoms with Crippen LogP contribution in [0.25, 0.3) is 10.1 Å². The van der Waals surface area contributed by atoms with E-state index in [1.807, 2.05) is 36.4 Å². The van der Waals surface area contributed by atoms with Crippen LogP contribution in [0.1, 0.15) is 31.2 Å². The van der Waals surface area contributed by atoms with E-state index < -0.39 is 5.97 Å². The lowest BCUT2D eigenvalue weighted by molar-refractivity contribution is 0.0739. The summed E-state index contributed by atoms with van der Waals surface area (Å²) in [5.74, 6) is 0.131. The highest BCUT2D eigenvalue weighted by Gasteiger charge is 2.18. The van der Waals surface area contributed by atoms with Crippen LogP contribution in [-0.2, 0) is 6.61 Å². The van der Waals surface area contributed by atoms with E-state index in [-0.39, 0.29) is 5.91 Å². The molecule has 1 heterocycles. The molecule has 0 fully saturated rings. The van der Waals surface area contributed by atoms with E-state index in [0.29, 0.717) is 44.2 Å². The van der Waals surface area contributed by atoms with Gasteiger partial charge in [-0.25, -0.2) is 10.2 Å². The second-order valence-electron chi connectivity index (χ2n) is 8.34. The van der Waals surface area contributed by atoms with Gasteiger partial charge in [-0.05, 0) is 77.9 Å². The molecule has 5 rings (SSSR count). The zero-order valence-electron chi connectivity index (χ0n) is 20.3. The average molecular weight is 575 g/mol. The number of thiophene rings is 1. The Bertz CT molecular complexity index is 1650. The summed E-state index contributed by atoms with van der Waals surface area (Å²) in [4.78, 5) is 25.4. The van der Waals surface area contributed by atoms with Gasteiger partial charge in [-0.2, -0.15) is 5.10 Å². The fourth-order valence-corrected chi connectivity index (χ4v) is 5.11. The molecule has 0 unspecified atom stereocenters. The van der Waals surface area contributed by atoms with E-state index in [1.165, 1.54) is 17.6 Å². The highest BCUT2D eigenvalue weighted by Crippen LogP contribution is 2.35. The molecule has 0 radical (unpaired) electrons. The number of amides is 1. The Labute approximate surface area is 238 Å². The molecule has 1 N–H and O–H groups in total. The molecule has 1 aromatic heterocycles. The number of hydrogen-bond acceptors (Lipinski definition) is 6. The van der Waals surface area contributed by atoms with Crippen LogP contribution in [0.3, 0.4) is 0 Å². The fourth-order valence-electron chi connectivity index (χ4n) is 3.60. The second kappa shape index (κ2) is 12.1. The topological polar surface area (TPSA) is 77.0 Å². The van der Waals surface area contributed by atoms with E-state index in [2.05, 4.69) is 10.5 Å². The Morgan fingerprint density at radius 2 is 1.54 bits per heavy atom. The number of carbonyl (C=O) groups is 2. The molecule has 0 bridgehead atoms. The number of esters is 1. The van der Waals surface area contributed by atoms with Crippen molar-refractivity contribution in [3.05, 3.63) is 129 Å². The number of halogens is 2. The van der Waals surface area contributed by atoms with Crippen molar-refractivity contribution in [2.45, 2.75) is 6.61 Å². The molecular weight excluding hydrogens is 555 g/mol. The molecule has 0 spiro atoms. The van der Waals surface area contributed by atoms with E-state index in [9.17, 15) is 9.59 Å². The predicted octanol–water partition coefficient (Wildman–Crippen LogP) is 7.77. The Morgan fingerprint density at radius 1 is 0.846 bits per heavy atom. The van der Waals surface area contributed by atoms with Crippen LogP contribution in [0, 0.1) is 0 Å². The van der Waals surface area contributed by atoms with Crippen LogP contribution in [0.15, 0.2) is 102 Å². The first-order valence-corrected chi connectivity index (χ1v) is 13.3. The van der Waals surface area contributed by atoms with Gasteiger partial charge in [0.2, 0.25) is 0 Å². The normalized spacial score (nSPS) is 11.0. The lowest BCUT2D eigenvalue weighted by Gasteiger charge is -2.07. The summed E-state index contributed by atoms with van der Waals surface area (Å²) in [6.07, 6.45) is 1.50. The largest absolute Gasteiger partial charge is 0.489 e. The summed E-state index contributed by atoms with van der Waals surface area (Å²) >= 11 is 13.6. The van der Waals surface area contributed by atoms with Gasteiger partial charge in [0.15, 0.2) is 0 Å². The number of nitrogens with zero attached hydrogens (tertiary/aromatic N) is 1. The Morgan fingerprint density at radius 3 is 2.26 bits per heavy atom. The first-order chi connectivity index (χ1) is 19.0. The van der Waals surface area contributed by atoms with Crippen molar-refractivity contribution >= 4 is 62.7 Å². The van der Waals surface area contributed by atoms with Crippen LogP contribution >= 0.6 is 34.5 Å². The standard InChI is InChI=1S/C30H20Cl2N2O4S/c31-22-11-5-20(6-12-22)18-37-23-15-9-21(10-16-23)29(35)34-33-17-19-7-13-24(14-8-19)38-30(36)28-27(32)25-3-1-2-4-26(25)39-28/h1-17H,18H2,(H,34,35). The number of nitrogens with one attached hydrogen (secondary N) is 1. The van der Waals surface area contributed by atoms with Gasteiger partial charge in [-0.15, -0.1) is 11.3 Å². The van der Waals surface area contributed by atoms with Crippen molar-refractivity contribution in [1.29, 1.82) is 0 Å². The molecular formula is C30H20Cl2N2O4S. The number of fused-ring (bicyclic) bond motifs is 1. The van der Waals surface area contributed by atoms with Crippen molar-refractivity contribution < 1.29 is 19.1 Å². The maximum atomic E-state index is 12.6. The SMILES string of the molecule is O=C(NN=Cc1ccc(OC(=O)c2sc3ccccc3c2Cl)cc1)c1ccc(OCc2ccc(Cl)cc2)cc1. The lowest BCUT2D eigenvalue weighted by atomic mass is 10.2. The molecule has 39 heavy (non-hydrogen) atoms. The minimum Gasteiger partial charge on any atom is -0.489 e. The van der Waals surface area contributed by atoms with Gasteiger partial charge in [0.05, 0.1) is 11.2 Å². The van der Waals surface area contributed by atoms with Gasteiger partial charge in [-0.3, -0.25) is 4.79 Å². The average Bonchev–Trinajstić information content (AvgIpc) is 3.30. The van der Waals surface area contributed by atoms with Crippen LogP contribution < -0.4 is 14.9 Å². The van der Waals surface area contributed by atoms with Crippen molar-refractivity contribution in [3.63, 3.8) is 0 Å². The van der Waals surface area contributed by atoms with Gasteiger partial charge in [0.1, 0.15) is 23.0 Å². The molecule has 0 saturated carbocycles. The molecule has 0 atom stereocenters. The summed E-state index contributed by atoms with van der Waals surface area (Å²) in [6, 6.07) is 28.4. The highest BCUT2D eigenvalue weighted by atomic mass is 35.5. The van der Waals surface area contributed by atoms with Crippen molar-refractivity contribution in [3.8, 4) is 11.5 Å². The lowest BCUT2D eigenvalue weighted by Crippen LogP contribution is -2.17. The molecule has 0 saturated heterocycles. The molecule has 9 heteroatoms. The number of benzene rings is 4. The Balaban J connectivity index is 1.12. The van der Waals surface area contributed by atoms with Crippen LogP contribution in [0.4, 0.5) is 0 Å². The zero-order chi connectivity index (χ0) is 27.2. The number of hydrogen-bond donors (Lipinski definition) is 1. The minimum absolute atomic E-state index is 0.354. The molecule has 4 aromatic carbocycles. The molecule has 0 aliphatic heterocycles. The first-order valence-electron chi connectivity index (χ1n) is 11.8. The molecule has 6 nitrogen and oxygen atoms in total.